The van der Waals surface area contributed by atoms with Crippen LogP contribution in [0, 0.1) is 11.3 Å². The summed E-state index contributed by atoms with van der Waals surface area (Å²) in [6, 6.07) is 21.9. The van der Waals surface area contributed by atoms with Crippen molar-refractivity contribution in [1.29, 1.82) is 5.26 Å². The molecule has 1 unspecified atom stereocenters. The summed E-state index contributed by atoms with van der Waals surface area (Å²) in [5.41, 5.74) is 3.10. The third-order valence-electron chi connectivity index (χ3n) is 5.35. The first-order valence-electron chi connectivity index (χ1n) is 10.8. The van der Waals surface area contributed by atoms with Crippen LogP contribution in [0.5, 0.6) is 5.75 Å². The van der Waals surface area contributed by atoms with Gasteiger partial charge in [-0.3, -0.25) is 0 Å². The van der Waals surface area contributed by atoms with Gasteiger partial charge in [0, 0.05) is 16.6 Å². The van der Waals surface area contributed by atoms with Gasteiger partial charge in [-0.25, -0.2) is 4.79 Å². The first-order chi connectivity index (χ1) is 16.2. The third-order valence-corrected chi connectivity index (χ3v) is 5.84. The first kappa shape index (κ1) is 25.4. The van der Waals surface area contributed by atoms with Crippen LogP contribution in [-0.4, -0.2) is 41.0 Å². The summed E-state index contributed by atoms with van der Waals surface area (Å²) in [6.45, 7) is 4.51. The molecule has 0 aliphatic carbocycles. The number of nitriles is 1. The highest BCUT2D eigenvalue weighted by Crippen LogP contribution is 2.27. The molecule has 0 bridgehead atoms. The normalized spacial score (nSPS) is 12.1. The summed E-state index contributed by atoms with van der Waals surface area (Å²) < 4.78 is 6.83. The molecule has 0 saturated heterocycles. The Morgan fingerprint density at radius 3 is 2.47 bits per heavy atom. The summed E-state index contributed by atoms with van der Waals surface area (Å²) in [7, 11) is 0. The molecule has 0 aliphatic rings. The van der Waals surface area contributed by atoms with E-state index in [1.54, 1.807) is 30.3 Å². The molecular formula is C27H27BrN2O4. The zero-order chi connectivity index (χ0) is 24.7. The van der Waals surface area contributed by atoms with Crippen molar-refractivity contribution < 1.29 is 19.7 Å². The quantitative estimate of drug-likeness (QED) is 0.344. The third kappa shape index (κ3) is 7.16. The molecule has 3 aromatic carbocycles. The van der Waals surface area contributed by atoms with Crippen molar-refractivity contribution >= 4 is 21.9 Å². The molecule has 0 aliphatic heterocycles. The lowest BCUT2D eigenvalue weighted by Crippen LogP contribution is -2.46. The summed E-state index contributed by atoms with van der Waals surface area (Å²) in [5.74, 6) is -0.618. The van der Waals surface area contributed by atoms with Gasteiger partial charge in [0.25, 0.3) is 0 Å². The molecule has 3 N–H and O–H groups in total. The highest BCUT2D eigenvalue weighted by Gasteiger charge is 2.20. The van der Waals surface area contributed by atoms with Gasteiger partial charge in [0.05, 0.1) is 11.1 Å². The second-order valence-corrected chi connectivity index (χ2v) is 9.66. The molecule has 0 amide bonds. The smallest absolute Gasteiger partial charge is 0.335 e. The summed E-state index contributed by atoms with van der Waals surface area (Å²) in [4.78, 5) is 11.1. The van der Waals surface area contributed by atoms with E-state index in [0.29, 0.717) is 17.9 Å². The van der Waals surface area contributed by atoms with Crippen molar-refractivity contribution in [2.75, 3.05) is 13.2 Å². The molecule has 0 spiro atoms. The van der Waals surface area contributed by atoms with Crippen LogP contribution in [-0.2, 0) is 6.42 Å². The van der Waals surface area contributed by atoms with Crippen molar-refractivity contribution in [3.8, 4) is 22.9 Å². The van der Waals surface area contributed by atoms with E-state index < -0.39 is 12.1 Å². The predicted octanol–water partition coefficient (Wildman–Crippen LogP) is 5.04. The van der Waals surface area contributed by atoms with Crippen molar-refractivity contribution in [3.05, 3.63) is 87.9 Å². The zero-order valence-electron chi connectivity index (χ0n) is 19.1. The minimum atomic E-state index is -0.988. The molecule has 176 valence electrons. The maximum absolute atomic E-state index is 11.1. The van der Waals surface area contributed by atoms with Gasteiger partial charge in [0.15, 0.2) is 0 Å². The van der Waals surface area contributed by atoms with E-state index in [9.17, 15) is 15.2 Å². The number of β-amino-alcohol motifs (C(OH)–C–C–N with tert-alkyl or cyclic N) is 1. The number of rotatable bonds is 10. The molecule has 3 rings (SSSR count). The molecule has 0 saturated carbocycles. The average Bonchev–Trinajstić information content (AvgIpc) is 2.81. The largest absolute Gasteiger partial charge is 0.489 e. The zero-order valence-corrected chi connectivity index (χ0v) is 20.7. The van der Waals surface area contributed by atoms with E-state index in [-0.39, 0.29) is 17.7 Å². The lowest BCUT2D eigenvalue weighted by atomic mass is 9.95. The van der Waals surface area contributed by atoms with Crippen molar-refractivity contribution in [1.82, 2.24) is 5.32 Å². The number of carboxylic acid groups (broad SMARTS) is 1. The van der Waals surface area contributed by atoms with Crippen LogP contribution in [0.25, 0.3) is 11.1 Å². The van der Waals surface area contributed by atoms with E-state index in [1.807, 2.05) is 12.1 Å². The summed E-state index contributed by atoms with van der Waals surface area (Å²) in [6.07, 6.45) is 0.0215. The van der Waals surface area contributed by atoms with Crippen LogP contribution in [0.4, 0.5) is 0 Å². The minimum absolute atomic E-state index is 0.0239. The number of aromatic carboxylic acids is 1. The molecule has 0 fully saturated rings. The molecule has 0 radical (unpaired) electrons. The SMILES string of the molecule is CC(C)(Cc1cccc(Br)c1)NCC(O)COc1cc(-c2ccc(C(=O)O)cc2)ccc1C#N. The molecule has 6 nitrogen and oxygen atoms in total. The van der Waals surface area contributed by atoms with E-state index in [4.69, 9.17) is 9.84 Å². The number of aliphatic hydroxyl groups is 1. The highest BCUT2D eigenvalue weighted by molar-refractivity contribution is 9.10. The van der Waals surface area contributed by atoms with Crippen LogP contribution >= 0.6 is 15.9 Å². The van der Waals surface area contributed by atoms with Crippen LogP contribution in [0.15, 0.2) is 71.2 Å². The summed E-state index contributed by atoms with van der Waals surface area (Å²) in [5, 5.41) is 32.4. The number of hydrogen-bond donors (Lipinski definition) is 3. The number of halogens is 1. The van der Waals surface area contributed by atoms with Gasteiger partial charge in [-0.1, -0.05) is 46.3 Å². The van der Waals surface area contributed by atoms with Gasteiger partial charge < -0.3 is 20.3 Å². The van der Waals surface area contributed by atoms with Gasteiger partial charge in [-0.15, -0.1) is 0 Å². The van der Waals surface area contributed by atoms with E-state index in [0.717, 1.165) is 22.0 Å². The monoisotopic (exact) mass is 522 g/mol. The minimum Gasteiger partial charge on any atom is -0.489 e. The molecule has 3 aromatic rings. The lowest BCUT2D eigenvalue weighted by molar-refractivity contribution is 0.0697. The Morgan fingerprint density at radius 2 is 1.82 bits per heavy atom. The van der Waals surface area contributed by atoms with Gasteiger partial charge in [0.2, 0.25) is 0 Å². The fourth-order valence-electron chi connectivity index (χ4n) is 3.58. The van der Waals surface area contributed by atoms with Crippen LogP contribution in [0.2, 0.25) is 0 Å². The molecular weight excluding hydrogens is 496 g/mol. The number of aliphatic hydroxyl groups excluding tert-OH is 1. The first-order valence-corrected chi connectivity index (χ1v) is 11.6. The van der Waals surface area contributed by atoms with Gasteiger partial charge in [-0.05, 0) is 73.4 Å². The van der Waals surface area contributed by atoms with E-state index in [2.05, 4.69) is 53.3 Å². The fourth-order valence-corrected chi connectivity index (χ4v) is 4.02. The lowest BCUT2D eigenvalue weighted by Gasteiger charge is -2.28. The second-order valence-electron chi connectivity index (χ2n) is 8.74. The molecule has 1 atom stereocenters. The topological polar surface area (TPSA) is 103 Å². The van der Waals surface area contributed by atoms with Crippen LogP contribution in [0.1, 0.15) is 35.3 Å². The van der Waals surface area contributed by atoms with Crippen LogP contribution in [0.3, 0.4) is 0 Å². The maximum atomic E-state index is 11.1. The van der Waals surface area contributed by atoms with Crippen molar-refractivity contribution in [3.63, 3.8) is 0 Å². The number of benzene rings is 3. The van der Waals surface area contributed by atoms with Crippen molar-refractivity contribution in [2.24, 2.45) is 0 Å². The number of carbonyl (C=O) groups is 1. The highest BCUT2D eigenvalue weighted by atomic mass is 79.9. The maximum Gasteiger partial charge on any atom is 0.335 e. The number of carboxylic acids is 1. The van der Waals surface area contributed by atoms with Gasteiger partial charge in [-0.2, -0.15) is 5.26 Å². The van der Waals surface area contributed by atoms with Gasteiger partial charge in [0.1, 0.15) is 24.5 Å². The molecule has 0 aromatic heterocycles. The average molecular weight is 523 g/mol. The Balaban J connectivity index is 1.60. The standard InChI is InChI=1S/C27H27BrN2O4/c1-27(2,14-18-4-3-5-23(28)12-18)30-16-24(31)17-34-25-13-21(10-11-22(25)15-29)19-6-8-20(9-7-19)26(32)33/h3-13,24,30-31H,14,16-17H2,1-2H3,(H,32,33). The Hall–Kier alpha value is -3.18. The molecule has 7 heteroatoms. The van der Waals surface area contributed by atoms with Crippen LogP contribution < -0.4 is 10.1 Å². The van der Waals surface area contributed by atoms with E-state index in [1.165, 1.54) is 17.7 Å². The molecule has 0 heterocycles. The number of ether oxygens (including phenoxy) is 1. The van der Waals surface area contributed by atoms with Gasteiger partial charge >= 0.3 is 5.97 Å². The van der Waals surface area contributed by atoms with E-state index >= 15 is 0 Å². The number of nitrogens with zero attached hydrogens (tertiary/aromatic N) is 1. The number of hydrogen-bond acceptors (Lipinski definition) is 5. The summed E-state index contributed by atoms with van der Waals surface area (Å²) >= 11 is 3.49. The fraction of sp³-hybridized carbons (Fsp3) is 0.259. The Morgan fingerprint density at radius 1 is 1.12 bits per heavy atom. The predicted molar refractivity (Wildman–Crippen MR) is 135 cm³/mol. The Bertz CT molecular complexity index is 1190. The number of nitrogens with one attached hydrogen (secondary N) is 1. The second kappa shape index (κ2) is 11.3. The Labute approximate surface area is 208 Å². The molecule has 34 heavy (non-hydrogen) atoms. The van der Waals surface area contributed by atoms with Crippen molar-refractivity contribution in [2.45, 2.75) is 31.9 Å². The Kier molecular flexibility index (Phi) is 8.46.